The van der Waals surface area contributed by atoms with Crippen LogP contribution in [0.3, 0.4) is 0 Å². The monoisotopic (exact) mass is 310 g/mol. The van der Waals surface area contributed by atoms with Crippen molar-refractivity contribution in [1.29, 1.82) is 0 Å². The highest BCUT2D eigenvalue weighted by molar-refractivity contribution is 6.16. The van der Waals surface area contributed by atoms with Crippen molar-refractivity contribution < 1.29 is 9.18 Å². The van der Waals surface area contributed by atoms with Crippen LogP contribution >= 0.6 is 0 Å². The molecule has 0 aliphatic carbocycles. The van der Waals surface area contributed by atoms with Crippen molar-refractivity contribution in [3.8, 4) is 0 Å². The SMILES string of the molecule is CC(C)N1CCN=C1c1ccccc1C(=O)c1ccc(F)cc1. The second-order valence-electron chi connectivity index (χ2n) is 5.87. The molecule has 0 unspecified atom stereocenters. The fourth-order valence-corrected chi connectivity index (χ4v) is 2.84. The summed E-state index contributed by atoms with van der Waals surface area (Å²) >= 11 is 0. The highest BCUT2D eigenvalue weighted by Gasteiger charge is 2.25. The van der Waals surface area contributed by atoms with E-state index in [4.69, 9.17) is 0 Å². The molecule has 118 valence electrons. The number of carbonyl (C=O) groups is 1. The lowest BCUT2D eigenvalue weighted by molar-refractivity contribution is 0.103. The van der Waals surface area contributed by atoms with Gasteiger partial charge in [-0.15, -0.1) is 0 Å². The van der Waals surface area contributed by atoms with Crippen LogP contribution in [-0.2, 0) is 0 Å². The maximum atomic E-state index is 13.1. The van der Waals surface area contributed by atoms with E-state index in [0.29, 0.717) is 17.2 Å². The van der Waals surface area contributed by atoms with Crippen molar-refractivity contribution in [2.45, 2.75) is 19.9 Å². The minimum Gasteiger partial charge on any atom is -0.352 e. The first-order chi connectivity index (χ1) is 11.1. The average molecular weight is 310 g/mol. The van der Waals surface area contributed by atoms with Crippen molar-refractivity contribution in [1.82, 2.24) is 4.90 Å². The molecule has 0 N–H and O–H groups in total. The van der Waals surface area contributed by atoms with Gasteiger partial charge < -0.3 is 4.90 Å². The van der Waals surface area contributed by atoms with Crippen molar-refractivity contribution in [2.24, 2.45) is 4.99 Å². The number of halogens is 1. The number of aliphatic imine (C=N–C) groups is 1. The Morgan fingerprint density at radius 2 is 1.83 bits per heavy atom. The largest absolute Gasteiger partial charge is 0.352 e. The normalized spacial score (nSPS) is 14.3. The first kappa shape index (κ1) is 15.4. The molecule has 1 aliphatic heterocycles. The van der Waals surface area contributed by atoms with E-state index in [0.717, 1.165) is 24.5 Å². The van der Waals surface area contributed by atoms with Crippen LogP contribution in [0.15, 0.2) is 53.5 Å². The van der Waals surface area contributed by atoms with Gasteiger partial charge in [-0.25, -0.2) is 4.39 Å². The molecule has 1 aliphatic rings. The number of hydrogen-bond donors (Lipinski definition) is 0. The number of hydrogen-bond acceptors (Lipinski definition) is 3. The molecule has 0 bridgehead atoms. The third kappa shape index (κ3) is 3.02. The molecule has 0 radical (unpaired) electrons. The highest BCUT2D eigenvalue weighted by atomic mass is 19.1. The summed E-state index contributed by atoms with van der Waals surface area (Å²) in [5, 5.41) is 0. The molecule has 0 amide bonds. The minimum atomic E-state index is -0.346. The van der Waals surface area contributed by atoms with Gasteiger partial charge in [0.25, 0.3) is 0 Å². The van der Waals surface area contributed by atoms with E-state index in [1.807, 2.05) is 18.2 Å². The molecule has 3 nitrogen and oxygen atoms in total. The molecule has 23 heavy (non-hydrogen) atoms. The summed E-state index contributed by atoms with van der Waals surface area (Å²) in [7, 11) is 0. The van der Waals surface area contributed by atoms with Crippen LogP contribution in [0.1, 0.15) is 35.3 Å². The molecular formula is C19H19FN2O. The molecule has 0 aromatic heterocycles. The van der Waals surface area contributed by atoms with Crippen molar-refractivity contribution in [3.05, 3.63) is 71.0 Å². The molecule has 0 fully saturated rings. The van der Waals surface area contributed by atoms with Crippen molar-refractivity contribution in [3.63, 3.8) is 0 Å². The molecule has 0 saturated carbocycles. The summed E-state index contributed by atoms with van der Waals surface area (Å²) in [6.07, 6.45) is 0. The van der Waals surface area contributed by atoms with Gasteiger partial charge in [0.1, 0.15) is 11.7 Å². The summed E-state index contributed by atoms with van der Waals surface area (Å²) in [6.45, 7) is 5.84. The van der Waals surface area contributed by atoms with Gasteiger partial charge in [-0.3, -0.25) is 9.79 Å². The summed E-state index contributed by atoms with van der Waals surface area (Å²) in [4.78, 5) is 19.6. The van der Waals surface area contributed by atoms with Gasteiger partial charge in [-0.1, -0.05) is 24.3 Å². The Hall–Kier alpha value is -2.49. The van der Waals surface area contributed by atoms with Crippen LogP contribution in [-0.4, -0.2) is 35.7 Å². The van der Waals surface area contributed by atoms with E-state index in [-0.39, 0.29) is 11.6 Å². The molecular weight excluding hydrogens is 291 g/mol. The maximum absolute atomic E-state index is 13.1. The van der Waals surface area contributed by atoms with Gasteiger partial charge in [0, 0.05) is 29.3 Å². The average Bonchev–Trinajstić information content (AvgIpc) is 3.05. The fourth-order valence-electron chi connectivity index (χ4n) is 2.84. The standard InChI is InChI=1S/C19H19FN2O/c1-13(2)22-12-11-21-19(22)17-6-4-3-5-16(17)18(23)14-7-9-15(20)10-8-14/h3-10,13H,11-12H2,1-2H3. The Balaban J connectivity index is 2.01. The number of amidine groups is 1. The highest BCUT2D eigenvalue weighted by Crippen LogP contribution is 2.21. The summed E-state index contributed by atoms with van der Waals surface area (Å²) in [5.74, 6) is 0.408. The van der Waals surface area contributed by atoms with Crippen molar-refractivity contribution >= 4 is 11.6 Å². The van der Waals surface area contributed by atoms with E-state index in [1.165, 1.54) is 24.3 Å². The minimum absolute atomic E-state index is 0.112. The van der Waals surface area contributed by atoms with E-state index >= 15 is 0 Å². The predicted molar refractivity (Wildman–Crippen MR) is 89.5 cm³/mol. The van der Waals surface area contributed by atoms with Crippen LogP contribution < -0.4 is 0 Å². The maximum Gasteiger partial charge on any atom is 0.193 e. The Bertz CT molecular complexity index is 750. The lowest BCUT2D eigenvalue weighted by Crippen LogP contribution is -2.35. The quantitative estimate of drug-likeness (QED) is 0.809. The molecule has 4 heteroatoms. The van der Waals surface area contributed by atoms with E-state index in [1.54, 1.807) is 6.07 Å². The molecule has 0 atom stereocenters. The Morgan fingerprint density at radius 1 is 1.13 bits per heavy atom. The van der Waals surface area contributed by atoms with Crippen LogP contribution in [0.5, 0.6) is 0 Å². The fraction of sp³-hybridized carbons (Fsp3) is 0.263. The van der Waals surface area contributed by atoms with Crippen LogP contribution in [0.4, 0.5) is 4.39 Å². The third-order valence-corrected chi connectivity index (χ3v) is 4.02. The first-order valence-corrected chi connectivity index (χ1v) is 7.78. The smallest absolute Gasteiger partial charge is 0.193 e. The van der Waals surface area contributed by atoms with Crippen LogP contribution in [0.2, 0.25) is 0 Å². The second kappa shape index (κ2) is 6.32. The summed E-state index contributed by atoms with van der Waals surface area (Å²) in [5.41, 5.74) is 1.92. The molecule has 3 rings (SSSR count). The van der Waals surface area contributed by atoms with Gasteiger partial charge in [-0.2, -0.15) is 0 Å². The van der Waals surface area contributed by atoms with Gasteiger partial charge in [-0.05, 0) is 38.1 Å². The molecule has 0 spiro atoms. The van der Waals surface area contributed by atoms with Gasteiger partial charge in [0.05, 0.1) is 6.54 Å². The molecule has 1 heterocycles. The molecule has 2 aromatic rings. The zero-order chi connectivity index (χ0) is 16.4. The van der Waals surface area contributed by atoms with Gasteiger partial charge in [0.2, 0.25) is 0 Å². The van der Waals surface area contributed by atoms with Crippen LogP contribution in [0.25, 0.3) is 0 Å². The van der Waals surface area contributed by atoms with Gasteiger partial charge >= 0.3 is 0 Å². The lowest BCUT2D eigenvalue weighted by atomic mass is 9.97. The summed E-state index contributed by atoms with van der Waals surface area (Å²) < 4.78 is 13.1. The first-order valence-electron chi connectivity index (χ1n) is 7.78. The molecule has 2 aromatic carbocycles. The second-order valence-corrected chi connectivity index (χ2v) is 5.87. The van der Waals surface area contributed by atoms with Crippen molar-refractivity contribution in [2.75, 3.05) is 13.1 Å². The van der Waals surface area contributed by atoms with E-state index < -0.39 is 0 Å². The predicted octanol–water partition coefficient (Wildman–Crippen LogP) is 3.53. The number of benzene rings is 2. The zero-order valence-electron chi connectivity index (χ0n) is 13.3. The van der Waals surface area contributed by atoms with Crippen LogP contribution in [0, 0.1) is 5.82 Å². The Kier molecular flexibility index (Phi) is 4.24. The topological polar surface area (TPSA) is 32.7 Å². The van der Waals surface area contributed by atoms with Gasteiger partial charge in [0.15, 0.2) is 5.78 Å². The number of rotatable bonds is 4. The number of nitrogens with zero attached hydrogens (tertiary/aromatic N) is 2. The lowest BCUT2D eigenvalue weighted by Gasteiger charge is -2.25. The zero-order valence-corrected chi connectivity index (χ0v) is 13.3. The third-order valence-electron chi connectivity index (χ3n) is 4.02. The Morgan fingerprint density at radius 3 is 2.52 bits per heavy atom. The van der Waals surface area contributed by atoms with E-state index in [2.05, 4.69) is 23.7 Å². The Labute approximate surface area is 135 Å². The molecule has 0 saturated heterocycles. The number of ketones is 1. The number of carbonyl (C=O) groups excluding carboxylic acids is 1. The summed E-state index contributed by atoms with van der Waals surface area (Å²) in [6, 6.07) is 13.5. The van der Waals surface area contributed by atoms with E-state index in [9.17, 15) is 9.18 Å².